The van der Waals surface area contributed by atoms with Crippen molar-refractivity contribution in [1.82, 2.24) is 0 Å². The lowest BCUT2D eigenvalue weighted by atomic mass is 10.1. The molecule has 0 radical (unpaired) electrons. The maximum atomic E-state index is 5.69. The van der Waals surface area contributed by atoms with Crippen LogP contribution in [0.15, 0.2) is 18.2 Å². The van der Waals surface area contributed by atoms with Crippen LogP contribution >= 0.6 is 15.9 Å². The monoisotopic (exact) mass is 297 g/mol. The van der Waals surface area contributed by atoms with Crippen LogP contribution in [0.5, 0.6) is 0 Å². The maximum absolute atomic E-state index is 5.69. The van der Waals surface area contributed by atoms with E-state index in [2.05, 4.69) is 52.9 Å². The van der Waals surface area contributed by atoms with Crippen molar-refractivity contribution in [2.45, 2.75) is 31.7 Å². The van der Waals surface area contributed by atoms with Gasteiger partial charge in [-0.15, -0.1) is 0 Å². The number of halogens is 1. The van der Waals surface area contributed by atoms with Crippen LogP contribution in [0.4, 0.5) is 5.69 Å². The standard InChI is InChI=1S/C14H20BrNO/c1-11-8-13(9-15)4-5-14(11)16-6-3-7-17-12(2)10-16/h4-5,8,12H,3,6-7,9-10H2,1-2H3. The van der Waals surface area contributed by atoms with E-state index in [9.17, 15) is 0 Å². The molecule has 0 spiro atoms. The molecule has 94 valence electrons. The molecular weight excluding hydrogens is 278 g/mol. The SMILES string of the molecule is Cc1cc(CBr)ccc1N1CCCOC(C)C1. The number of anilines is 1. The lowest BCUT2D eigenvalue weighted by molar-refractivity contribution is 0.0821. The molecule has 2 rings (SSSR count). The Balaban J connectivity index is 2.20. The average Bonchev–Trinajstić information content (AvgIpc) is 2.53. The summed E-state index contributed by atoms with van der Waals surface area (Å²) < 4.78 is 5.69. The molecular formula is C14H20BrNO. The molecule has 1 atom stereocenters. The molecule has 1 aromatic rings. The molecule has 1 aliphatic rings. The smallest absolute Gasteiger partial charge is 0.0721 e. The van der Waals surface area contributed by atoms with Gasteiger partial charge in [0.1, 0.15) is 0 Å². The number of rotatable bonds is 2. The summed E-state index contributed by atoms with van der Waals surface area (Å²) >= 11 is 3.50. The Hall–Kier alpha value is -0.540. The maximum Gasteiger partial charge on any atom is 0.0721 e. The number of alkyl halides is 1. The first-order chi connectivity index (χ1) is 8.20. The molecule has 17 heavy (non-hydrogen) atoms. The summed E-state index contributed by atoms with van der Waals surface area (Å²) in [5.41, 5.74) is 4.05. The zero-order valence-corrected chi connectivity index (χ0v) is 12.2. The van der Waals surface area contributed by atoms with Gasteiger partial charge in [0.25, 0.3) is 0 Å². The molecule has 0 amide bonds. The summed E-state index contributed by atoms with van der Waals surface area (Å²) in [6.45, 7) is 7.32. The second-order valence-corrected chi connectivity index (χ2v) is 5.30. The van der Waals surface area contributed by atoms with Crippen molar-refractivity contribution in [3.8, 4) is 0 Å². The van der Waals surface area contributed by atoms with Crippen molar-refractivity contribution in [2.24, 2.45) is 0 Å². The number of aryl methyl sites for hydroxylation is 1. The molecule has 1 unspecified atom stereocenters. The minimum Gasteiger partial charge on any atom is -0.377 e. The summed E-state index contributed by atoms with van der Waals surface area (Å²) in [7, 11) is 0. The third-order valence-corrected chi connectivity index (χ3v) is 3.86. The minimum atomic E-state index is 0.327. The zero-order chi connectivity index (χ0) is 12.3. The molecule has 1 saturated heterocycles. The van der Waals surface area contributed by atoms with Crippen molar-refractivity contribution in [3.05, 3.63) is 29.3 Å². The van der Waals surface area contributed by atoms with Crippen LogP contribution in [0, 0.1) is 6.92 Å². The van der Waals surface area contributed by atoms with Crippen molar-refractivity contribution in [1.29, 1.82) is 0 Å². The topological polar surface area (TPSA) is 12.5 Å². The first-order valence-corrected chi connectivity index (χ1v) is 7.35. The molecule has 1 aliphatic heterocycles. The first kappa shape index (κ1) is 12.9. The van der Waals surface area contributed by atoms with Crippen molar-refractivity contribution in [2.75, 3.05) is 24.6 Å². The van der Waals surface area contributed by atoms with E-state index in [1.165, 1.54) is 16.8 Å². The molecule has 3 heteroatoms. The van der Waals surface area contributed by atoms with Gasteiger partial charge < -0.3 is 9.64 Å². The highest BCUT2D eigenvalue weighted by molar-refractivity contribution is 9.08. The van der Waals surface area contributed by atoms with Gasteiger partial charge in [-0.2, -0.15) is 0 Å². The van der Waals surface area contributed by atoms with E-state index in [1.54, 1.807) is 0 Å². The second-order valence-electron chi connectivity index (χ2n) is 4.74. The van der Waals surface area contributed by atoms with E-state index in [-0.39, 0.29) is 0 Å². The number of hydrogen-bond donors (Lipinski definition) is 0. The van der Waals surface area contributed by atoms with Crippen LogP contribution in [0.2, 0.25) is 0 Å². The van der Waals surface area contributed by atoms with Crippen LogP contribution in [0.3, 0.4) is 0 Å². The molecule has 0 aromatic heterocycles. The van der Waals surface area contributed by atoms with E-state index in [1.807, 2.05) is 0 Å². The summed E-state index contributed by atoms with van der Waals surface area (Å²) in [4.78, 5) is 2.45. The minimum absolute atomic E-state index is 0.327. The van der Waals surface area contributed by atoms with E-state index in [4.69, 9.17) is 4.74 Å². The van der Waals surface area contributed by atoms with Gasteiger partial charge in [0, 0.05) is 30.7 Å². The average molecular weight is 298 g/mol. The molecule has 1 heterocycles. The van der Waals surface area contributed by atoms with Crippen molar-refractivity contribution >= 4 is 21.6 Å². The van der Waals surface area contributed by atoms with Gasteiger partial charge in [0.2, 0.25) is 0 Å². The predicted molar refractivity (Wildman–Crippen MR) is 76.1 cm³/mol. The highest BCUT2D eigenvalue weighted by Gasteiger charge is 2.16. The van der Waals surface area contributed by atoms with Gasteiger partial charge in [-0.1, -0.05) is 28.1 Å². The summed E-state index contributed by atoms with van der Waals surface area (Å²) in [6.07, 6.45) is 1.44. The van der Waals surface area contributed by atoms with Crippen LogP contribution in [0.1, 0.15) is 24.5 Å². The highest BCUT2D eigenvalue weighted by Crippen LogP contribution is 2.24. The van der Waals surface area contributed by atoms with Gasteiger partial charge in [0.05, 0.1) is 6.10 Å². The Bertz CT molecular complexity index is 380. The summed E-state index contributed by atoms with van der Waals surface area (Å²) in [5, 5.41) is 0.924. The quantitative estimate of drug-likeness (QED) is 0.775. The predicted octanol–water partition coefficient (Wildman–Crippen LogP) is 3.51. The van der Waals surface area contributed by atoms with Gasteiger partial charge in [-0.05, 0) is 37.5 Å². The van der Waals surface area contributed by atoms with Crippen LogP contribution in [-0.4, -0.2) is 25.8 Å². The molecule has 0 aliphatic carbocycles. The first-order valence-electron chi connectivity index (χ1n) is 6.22. The molecule has 0 N–H and O–H groups in total. The highest BCUT2D eigenvalue weighted by atomic mass is 79.9. The number of nitrogens with zero attached hydrogens (tertiary/aromatic N) is 1. The van der Waals surface area contributed by atoms with Crippen molar-refractivity contribution < 1.29 is 4.74 Å². The van der Waals surface area contributed by atoms with Gasteiger partial charge in [-0.25, -0.2) is 0 Å². The fourth-order valence-electron chi connectivity index (χ4n) is 2.37. The summed E-state index contributed by atoms with van der Waals surface area (Å²) in [5.74, 6) is 0. The molecule has 1 fully saturated rings. The molecule has 0 bridgehead atoms. The zero-order valence-electron chi connectivity index (χ0n) is 10.6. The molecule has 2 nitrogen and oxygen atoms in total. The lowest BCUT2D eigenvalue weighted by Crippen LogP contribution is -2.30. The van der Waals surface area contributed by atoms with E-state index in [0.717, 1.165) is 31.4 Å². The largest absolute Gasteiger partial charge is 0.377 e. The fourth-order valence-corrected chi connectivity index (χ4v) is 2.72. The third kappa shape index (κ3) is 3.23. The number of hydrogen-bond acceptors (Lipinski definition) is 2. The Labute approximate surface area is 112 Å². The normalized spacial score (nSPS) is 21.4. The van der Waals surface area contributed by atoms with E-state index >= 15 is 0 Å². The number of benzene rings is 1. The van der Waals surface area contributed by atoms with Crippen molar-refractivity contribution in [3.63, 3.8) is 0 Å². The second kappa shape index (κ2) is 5.87. The fraction of sp³-hybridized carbons (Fsp3) is 0.571. The molecule has 1 aromatic carbocycles. The van der Waals surface area contributed by atoms with E-state index in [0.29, 0.717) is 6.10 Å². The molecule has 0 saturated carbocycles. The van der Waals surface area contributed by atoms with Crippen LogP contribution < -0.4 is 4.90 Å². The Morgan fingerprint density at radius 2 is 2.29 bits per heavy atom. The Morgan fingerprint density at radius 3 is 3.00 bits per heavy atom. The van der Waals surface area contributed by atoms with Crippen LogP contribution in [-0.2, 0) is 10.1 Å². The summed E-state index contributed by atoms with van der Waals surface area (Å²) in [6, 6.07) is 6.71. The Morgan fingerprint density at radius 1 is 1.47 bits per heavy atom. The number of ether oxygens (including phenoxy) is 1. The lowest BCUT2D eigenvalue weighted by Gasteiger charge is -2.26. The van der Waals surface area contributed by atoms with Gasteiger partial charge in [0.15, 0.2) is 0 Å². The van der Waals surface area contributed by atoms with Gasteiger partial charge in [-0.3, -0.25) is 0 Å². The van der Waals surface area contributed by atoms with E-state index < -0.39 is 0 Å². The Kier molecular flexibility index (Phi) is 4.46. The third-order valence-electron chi connectivity index (χ3n) is 3.21. The van der Waals surface area contributed by atoms with Crippen LogP contribution in [0.25, 0.3) is 0 Å². The van der Waals surface area contributed by atoms with Gasteiger partial charge >= 0.3 is 0 Å².